The first-order chi connectivity index (χ1) is 8.24. The third-order valence-corrected chi connectivity index (χ3v) is 3.81. The molecule has 0 saturated heterocycles. The number of carbonyl (C=O) groups excluding carboxylic acids is 1. The van der Waals surface area contributed by atoms with Crippen LogP contribution in [-0.2, 0) is 11.2 Å². The lowest BCUT2D eigenvalue weighted by Gasteiger charge is -2.26. The molecule has 0 bridgehead atoms. The van der Waals surface area contributed by atoms with Gasteiger partial charge in [-0.2, -0.15) is 0 Å². The lowest BCUT2D eigenvalue weighted by Crippen LogP contribution is -2.41. The average molecular weight is 252 g/mol. The first-order valence-electron chi connectivity index (χ1n) is 5.38. The zero-order valence-corrected chi connectivity index (χ0v) is 9.88. The van der Waals surface area contributed by atoms with E-state index < -0.39 is 0 Å². The van der Waals surface area contributed by atoms with Crippen molar-refractivity contribution in [3.05, 3.63) is 17.7 Å². The zero-order chi connectivity index (χ0) is 11.8. The Kier molecular flexibility index (Phi) is 2.60. The van der Waals surface area contributed by atoms with E-state index in [1.807, 2.05) is 12.1 Å². The minimum atomic E-state index is -0.335. The molecule has 0 spiro atoms. The number of primary amides is 1. The maximum atomic E-state index is 11.1. The molecule has 0 radical (unpaired) electrons. The highest BCUT2D eigenvalue weighted by atomic mass is 32.2. The van der Waals surface area contributed by atoms with Crippen LogP contribution in [0.2, 0.25) is 0 Å². The van der Waals surface area contributed by atoms with Gasteiger partial charge in [-0.3, -0.25) is 4.79 Å². The van der Waals surface area contributed by atoms with Crippen molar-refractivity contribution in [2.75, 3.05) is 13.2 Å². The van der Waals surface area contributed by atoms with Crippen LogP contribution >= 0.6 is 11.9 Å². The number of hydrogen-bond donors (Lipinski definition) is 2. The van der Waals surface area contributed by atoms with E-state index in [1.165, 1.54) is 11.9 Å². The second kappa shape index (κ2) is 4.12. The van der Waals surface area contributed by atoms with Crippen LogP contribution in [0.25, 0.3) is 0 Å². The summed E-state index contributed by atoms with van der Waals surface area (Å²) in [6, 6.07) is 3.56. The number of rotatable bonds is 1. The molecule has 1 amide bonds. The molecule has 6 heteroatoms. The van der Waals surface area contributed by atoms with Crippen LogP contribution in [-0.4, -0.2) is 25.2 Å². The molecule has 0 aromatic heterocycles. The Morgan fingerprint density at radius 1 is 1.35 bits per heavy atom. The van der Waals surface area contributed by atoms with Gasteiger partial charge in [-0.05, 0) is 36.1 Å². The molecule has 0 fully saturated rings. The average Bonchev–Trinajstić information content (AvgIpc) is 2.35. The van der Waals surface area contributed by atoms with Gasteiger partial charge in [0.15, 0.2) is 11.5 Å². The van der Waals surface area contributed by atoms with E-state index in [4.69, 9.17) is 15.2 Å². The van der Waals surface area contributed by atoms with Crippen molar-refractivity contribution in [3.8, 4) is 11.5 Å². The van der Waals surface area contributed by atoms with Crippen molar-refractivity contribution >= 4 is 17.9 Å². The normalized spacial score (nSPS) is 21.8. The second-order valence-corrected chi connectivity index (χ2v) is 4.86. The number of nitrogens with two attached hydrogens (primary N) is 1. The van der Waals surface area contributed by atoms with Crippen LogP contribution in [0.5, 0.6) is 11.5 Å². The highest BCUT2D eigenvalue weighted by Gasteiger charge is 2.25. The van der Waals surface area contributed by atoms with Crippen LogP contribution < -0.4 is 19.9 Å². The first-order valence-corrected chi connectivity index (χ1v) is 6.20. The highest BCUT2D eigenvalue weighted by molar-refractivity contribution is 7.97. The van der Waals surface area contributed by atoms with Gasteiger partial charge in [-0.1, -0.05) is 0 Å². The van der Waals surface area contributed by atoms with Crippen molar-refractivity contribution in [2.24, 2.45) is 5.73 Å². The summed E-state index contributed by atoms with van der Waals surface area (Å²) in [7, 11) is 0. The Balaban J connectivity index is 1.94. The van der Waals surface area contributed by atoms with Crippen molar-refractivity contribution in [2.45, 2.75) is 17.4 Å². The van der Waals surface area contributed by atoms with Crippen LogP contribution in [0, 0.1) is 0 Å². The van der Waals surface area contributed by atoms with Gasteiger partial charge in [-0.25, -0.2) is 4.72 Å². The van der Waals surface area contributed by atoms with Gasteiger partial charge in [0, 0.05) is 4.90 Å². The van der Waals surface area contributed by atoms with Crippen LogP contribution in [0.3, 0.4) is 0 Å². The Hall–Kier alpha value is -1.40. The van der Waals surface area contributed by atoms with Gasteiger partial charge < -0.3 is 15.2 Å². The van der Waals surface area contributed by atoms with Gasteiger partial charge in [0.05, 0.1) is 0 Å². The molecule has 0 aliphatic carbocycles. The van der Waals surface area contributed by atoms with Crippen LogP contribution in [0.1, 0.15) is 5.56 Å². The number of carbonyl (C=O) groups is 1. The fourth-order valence-corrected chi connectivity index (χ4v) is 2.83. The molecule has 17 heavy (non-hydrogen) atoms. The van der Waals surface area contributed by atoms with Gasteiger partial charge in [-0.15, -0.1) is 0 Å². The molecule has 1 aromatic carbocycles. The summed E-state index contributed by atoms with van der Waals surface area (Å²) in [5, 5.41) is 0. The molecule has 1 atom stereocenters. The molecule has 0 saturated carbocycles. The lowest BCUT2D eigenvalue weighted by atomic mass is 10.0. The van der Waals surface area contributed by atoms with E-state index in [1.54, 1.807) is 0 Å². The molecule has 90 valence electrons. The van der Waals surface area contributed by atoms with Crippen LogP contribution in [0.15, 0.2) is 17.0 Å². The number of ether oxygens (including phenoxy) is 2. The Morgan fingerprint density at radius 3 is 2.76 bits per heavy atom. The third-order valence-electron chi connectivity index (χ3n) is 2.80. The summed E-state index contributed by atoms with van der Waals surface area (Å²) in [5.74, 6) is 1.18. The number of amides is 1. The largest absolute Gasteiger partial charge is 0.486 e. The minimum Gasteiger partial charge on any atom is -0.486 e. The maximum Gasteiger partial charge on any atom is 0.235 e. The van der Waals surface area contributed by atoms with E-state index in [-0.39, 0.29) is 11.9 Å². The minimum absolute atomic E-state index is 0.324. The van der Waals surface area contributed by atoms with Crippen molar-refractivity contribution < 1.29 is 14.3 Å². The van der Waals surface area contributed by atoms with Crippen molar-refractivity contribution in [1.82, 2.24) is 4.72 Å². The molecule has 1 aromatic rings. The molecule has 5 nitrogen and oxygen atoms in total. The van der Waals surface area contributed by atoms with Gasteiger partial charge in [0.1, 0.15) is 19.3 Å². The number of benzene rings is 1. The van der Waals surface area contributed by atoms with E-state index in [2.05, 4.69) is 4.72 Å². The van der Waals surface area contributed by atoms with Gasteiger partial charge in [0.25, 0.3) is 0 Å². The Labute approximate surface area is 103 Å². The van der Waals surface area contributed by atoms with E-state index in [9.17, 15) is 4.79 Å². The molecule has 2 aliphatic heterocycles. The van der Waals surface area contributed by atoms with Gasteiger partial charge in [0.2, 0.25) is 5.91 Å². The maximum absolute atomic E-state index is 11.1. The summed E-state index contributed by atoms with van der Waals surface area (Å²) >= 11 is 1.41. The first kappa shape index (κ1) is 10.7. The summed E-state index contributed by atoms with van der Waals surface area (Å²) in [4.78, 5) is 12.2. The second-order valence-electron chi connectivity index (χ2n) is 3.98. The summed E-state index contributed by atoms with van der Waals surface area (Å²) in [6.45, 7) is 1.14. The van der Waals surface area contributed by atoms with Crippen molar-refractivity contribution in [3.63, 3.8) is 0 Å². The fourth-order valence-electron chi connectivity index (χ4n) is 1.92. The molecule has 2 aliphatic rings. The monoisotopic (exact) mass is 252 g/mol. The molecule has 3 rings (SSSR count). The molecular formula is C11H12N2O3S. The predicted octanol–water partition coefficient (Wildman–Crippen LogP) is 0.464. The van der Waals surface area contributed by atoms with Crippen LogP contribution in [0.4, 0.5) is 0 Å². The predicted molar refractivity (Wildman–Crippen MR) is 63.1 cm³/mol. The van der Waals surface area contributed by atoms with E-state index >= 15 is 0 Å². The quantitative estimate of drug-likeness (QED) is 0.711. The Morgan fingerprint density at radius 2 is 2.06 bits per heavy atom. The van der Waals surface area contributed by atoms with Crippen molar-refractivity contribution in [1.29, 1.82) is 0 Å². The number of fused-ring (bicyclic) bond motifs is 2. The molecule has 2 heterocycles. The SMILES string of the molecule is NC(=O)C1Cc2cc3c(cc2SN1)OCCO3. The fraction of sp³-hybridized carbons (Fsp3) is 0.364. The zero-order valence-electron chi connectivity index (χ0n) is 9.06. The Bertz CT molecular complexity index is 478. The molecule has 1 unspecified atom stereocenters. The molecular weight excluding hydrogens is 240 g/mol. The summed E-state index contributed by atoms with van der Waals surface area (Å²) in [5.41, 5.74) is 6.36. The number of hydrogen-bond acceptors (Lipinski definition) is 5. The highest BCUT2D eigenvalue weighted by Crippen LogP contribution is 2.38. The third kappa shape index (κ3) is 1.94. The van der Waals surface area contributed by atoms with E-state index in [0.29, 0.717) is 19.6 Å². The summed E-state index contributed by atoms with van der Waals surface area (Å²) in [6.07, 6.45) is 0.592. The standard InChI is InChI=1S/C11H12N2O3S/c12-11(14)7-3-6-4-8-9(16-2-1-15-8)5-10(6)17-13-7/h4-5,7,13H,1-3H2,(H2,12,14). The smallest absolute Gasteiger partial charge is 0.235 e. The number of nitrogens with one attached hydrogen (secondary N) is 1. The summed E-state index contributed by atoms with van der Waals surface area (Å²) < 4.78 is 14.0. The topological polar surface area (TPSA) is 73.6 Å². The lowest BCUT2D eigenvalue weighted by molar-refractivity contribution is -0.119. The van der Waals surface area contributed by atoms with Gasteiger partial charge >= 0.3 is 0 Å². The van der Waals surface area contributed by atoms with E-state index in [0.717, 1.165) is 22.0 Å². The molecule has 3 N–H and O–H groups in total.